The van der Waals surface area contributed by atoms with Gasteiger partial charge in [0.25, 0.3) is 0 Å². The van der Waals surface area contributed by atoms with Crippen molar-refractivity contribution in [1.82, 2.24) is 10.5 Å². The highest BCUT2D eigenvalue weighted by atomic mass is 35.5. The standard InChI is InChI=1S/C22H22ClF3N4O2/c1-13(27)30-21(15-11-29-32-12-15)14(9-16-5-2-3-8-28-16)10-19(31)17-6-4-7-18(20(17)23)22(24,25)26/h4,6-7,10-12,16,27-28H,2-3,5,8-9H2,1H3/b14-10+,27-13?,30-21?. The topological polar surface area (TPSA) is 91.3 Å². The molecule has 0 radical (unpaired) electrons. The van der Waals surface area contributed by atoms with E-state index in [0.717, 1.165) is 37.9 Å². The number of nitrogens with one attached hydrogen (secondary N) is 2. The number of rotatable bonds is 6. The fourth-order valence-corrected chi connectivity index (χ4v) is 3.90. The smallest absolute Gasteiger partial charge is 0.364 e. The van der Waals surface area contributed by atoms with Crippen molar-refractivity contribution in [1.29, 1.82) is 5.41 Å². The maximum absolute atomic E-state index is 13.2. The largest absolute Gasteiger partial charge is 0.417 e. The molecule has 2 N–H and O–H groups in total. The van der Waals surface area contributed by atoms with E-state index in [2.05, 4.69) is 15.5 Å². The number of carbonyl (C=O) groups is 1. The highest BCUT2D eigenvalue weighted by Gasteiger charge is 2.34. The van der Waals surface area contributed by atoms with Crippen LogP contribution in [0.5, 0.6) is 0 Å². The van der Waals surface area contributed by atoms with Crippen molar-refractivity contribution < 1.29 is 22.5 Å². The van der Waals surface area contributed by atoms with Crippen LogP contribution in [-0.2, 0) is 6.18 Å². The van der Waals surface area contributed by atoms with Crippen LogP contribution >= 0.6 is 11.6 Å². The van der Waals surface area contributed by atoms with Gasteiger partial charge in [-0.15, -0.1) is 0 Å². The van der Waals surface area contributed by atoms with E-state index in [1.165, 1.54) is 31.5 Å². The Morgan fingerprint density at radius 3 is 2.78 bits per heavy atom. The minimum absolute atomic E-state index is 0.00625. The Hall–Kier alpha value is -2.78. The molecule has 1 aromatic heterocycles. The van der Waals surface area contributed by atoms with Crippen molar-refractivity contribution in [2.24, 2.45) is 4.99 Å². The number of piperidine rings is 1. The van der Waals surface area contributed by atoms with E-state index in [1.54, 1.807) is 0 Å². The SMILES string of the molecule is CC(=N)N=C(/C(=C/C(=O)c1cccc(C(F)(F)F)c1Cl)CC1CCCCN1)c1cnoc1. The zero-order valence-corrected chi connectivity index (χ0v) is 18.1. The van der Waals surface area contributed by atoms with Gasteiger partial charge in [-0.1, -0.05) is 29.2 Å². The Morgan fingerprint density at radius 2 is 2.19 bits per heavy atom. The second-order valence-corrected chi connectivity index (χ2v) is 7.89. The van der Waals surface area contributed by atoms with Crippen LogP contribution in [0, 0.1) is 5.41 Å². The number of hydrogen-bond donors (Lipinski definition) is 2. The van der Waals surface area contributed by atoms with Crippen molar-refractivity contribution in [3.63, 3.8) is 0 Å². The summed E-state index contributed by atoms with van der Waals surface area (Å²) in [5.41, 5.74) is -0.106. The van der Waals surface area contributed by atoms with E-state index in [0.29, 0.717) is 23.3 Å². The number of carbonyl (C=O) groups excluding carboxylic acids is 1. The van der Waals surface area contributed by atoms with E-state index in [1.807, 2.05) is 0 Å². The number of ketones is 1. The van der Waals surface area contributed by atoms with Crippen LogP contribution < -0.4 is 5.32 Å². The molecule has 1 unspecified atom stereocenters. The minimum Gasteiger partial charge on any atom is -0.364 e. The molecule has 3 rings (SSSR count). The van der Waals surface area contributed by atoms with E-state index in [4.69, 9.17) is 21.5 Å². The molecule has 170 valence electrons. The molecule has 32 heavy (non-hydrogen) atoms. The van der Waals surface area contributed by atoms with Gasteiger partial charge in [-0.05, 0) is 56.5 Å². The molecule has 1 aromatic carbocycles. The molecule has 2 aromatic rings. The fourth-order valence-electron chi connectivity index (χ4n) is 3.58. The Labute approximate surface area is 188 Å². The maximum atomic E-state index is 13.2. The molecule has 1 saturated heterocycles. The number of allylic oxidation sites excluding steroid dienone is 1. The molecule has 0 bridgehead atoms. The van der Waals surface area contributed by atoms with Gasteiger partial charge in [0.15, 0.2) is 5.78 Å². The molecule has 10 heteroatoms. The lowest BCUT2D eigenvalue weighted by atomic mass is 9.91. The van der Waals surface area contributed by atoms with Crippen LogP contribution in [0.15, 0.2) is 51.8 Å². The second kappa shape index (κ2) is 10.2. The summed E-state index contributed by atoms with van der Waals surface area (Å²) in [6.45, 7) is 2.31. The summed E-state index contributed by atoms with van der Waals surface area (Å²) < 4.78 is 44.6. The molecule has 0 saturated carbocycles. The number of amidine groups is 1. The average molecular weight is 467 g/mol. The van der Waals surface area contributed by atoms with E-state index < -0.39 is 22.5 Å². The van der Waals surface area contributed by atoms with E-state index in [-0.39, 0.29) is 17.4 Å². The lowest BCUT2D eigenvalue weighted by molar-refractivity contribution is -0.137. The quantitative estimate of drug-likeness (QED) is 0.255. The highest BCUT2D eigenvalue weighted by Crippen LogP contribution is 2.36. The van der Waals surface area contributed by atoms with Crippen LogP contribution in [0.2, 0.25) is 5.02 Å². The van der Waals surface area contributed by atoms with Crippen LogP contribution in [-0.4, -0.2) is 35.1 Å². The Morgan fingerprint density at radius 1 is 1.41 bits per heavy atom. The van der Waals surface area contributed by atoms with Crippen molar-refractivity contribution in [2.45, 2.75) is 44.8 Å². The van der Waals surface area contributed by atoms with Crippen molar-refractivity contribution in [3.05, 3.63) is 64.0 Å². The first-order valence-electron chi connectivity index (χ1n) is 10.0. The third-order valence-corrected chi connectivity index (χ3v) is 5.45. The van der Waals surface area contributed by atoms with Gasteiger partial charge in [0, 0.05) is 11.6 Å². The van der Waals surface area contributed by atoms with Gasteiger partial charge in [-0.2, -0.15) is 13.2 Å². The van der Waals surface area contributed by atoms with Crippen LogP contribution in [0.1, 0.15) is 54.1 Å². The Bertz CT molecular complexity index is 1040. The van der Waals surface area contributed by atoms with Gasteiger partial charge in [-0.25, -0.2) is 4.99 Å². The van der Waals surface area contributed by atoms with Crippen LogP contribution in [0.25, 0.3) is 0 Å². The first-order chi connectivity index (χ1) is 15.2. The number of hydrogen-bond acceptors (Lipinski definition) is 5. The lowest BCUT2D eigenvalue weighted by Crippen LogP contribution is -2.35. The predicted molar refractivity (Wildman–Crippen MR) is 116 cm³/mol. The van der Waals surface area contributed by atoms with Crippen molar-refractivity contribution in [3.8, 4) is 0 Å². The summed E-state index contributed by atoms with van der Waals surface area (Å²) in [5, 5.41) is 14.2. The van der Waals surface area contributed by atoms with Crippen molar-refractivity contribution in [2.75, 3.05) is 6.54 Å². The van der Waals surface area contributed by atoms with Gasteiger partial charge in [0.1, 0.15) is 12.1 Å². The third kappa shape index (κ3) is 5.92. The number of alkyl halides is 3. The normalized spacial score (nSPS) is 18.0. The zero-order chi connectivity index (χ0) is 23.3. The third-order valence-electron chi connectivity index (χ3n) is 5.04. The number of nitrogens with zero attached hydrogens (tertiary/aromatic N) is 2. The average Bonchev–Trinajstić information content (AvgIpc) is 3.26. The highest BCUT2D eigenvalue weighted by molar-refractivity contribution is 6.35. The van der Waals surface area contributed by atoms with E-state index in [9.17, 15) is 18.0 Å². The molecule has 6 nitrogen and oxygen atoms in total. The van der Waals surface area contributed by atoms with Gasteiger partial charge in [0.05, 0.1) is 28.1 Å². The molecule has 1 fully saturated rings. The van der Waals surface area contributed by atoms with Gasteiger partial charge >= 0.3 is 6.18 Å². The van der Waals surface area contributed by atoms with Crippen LogP contribution in [0.4, 0.5) is 13.2 Å². The molecular formula is C22H22ClF3N4O2. The second-order valence-electron chi connectivity index (χ2n) is 7.51. The van der Waals surface area contributed by atoms with Gasteiger partial charge < -0.3 is 9.84 Å². The summed E-state index contributed by atoms with van der Waals surface area (Å²) in [7, 11) is 0. The first kappa shape index (κ1) is 23.9. The summed E-state index contributed by atoms with van der Waals surface area (Å²) in [4.78, 5) is 17.3. The summed E-state index contributed by atoms with van der Waals surface area (Å²) in [6, 6.07) is 3.29. The maximum Gasteiger partial charge on any atom is 0.417 e. The molecule has 1 aliphatic rings. The number of aliphatic imine (C=N–C) groups is 1. The lowest BCUT2D eigenvalue weighted by Gasteiger charge is -2.25. The summed E-state index contributed by atoms with van der Waals surface area (Å²) in [5.74, 6) is -0.688. The molecule has 0 amide bonds. The minimum atomic E-state index is -4.68. The van der Waals surface area contributed by atoms with Crippen molar-refractivity contribution >= 4 is 28.9 Å². The molecule has 1 aliphatic heterocycles. The summed E-state index contributed by atoms with van der Waals surface area (Å²) >= 11 is 5.96. The first-order valence-corrected chi connectivity index (χ1v) is 10.4. The fraction of sp³-hybridized carbons (Fsp3) is 0.364. The number of halogens is 4. The number of benzene rings is 1. The van der Waals surface area contributed by atoms with E-state index >= 15 is 0 Å². The predicted octanol–water partition coefficient (Wildman–Crippen LogP) is 5.47. The molecular weight excluding hydrogens is 445 g/mol. The molecule has 1 atom stereocenters. The molecule has 2 heterocycles. The Kier molecular flexibility index (Phi) is 7.63. The zero-order valence-electron chi connectivity index (χ0n) is 17.3. The monoisotopic (exact) mass is 466 g/mol. The van der Waals surface area contributed by atoms with Gasteiger partial charge in [-0.3, -0.25) is 10.2 Å². The Balaban J connectivity index is 2.06. The number of aromatic nitrogens is 1. The molecule has 0 spiro atoms. The molecule has 0 aliphatic carbocycles. The van der Waals surface area contributed by atoms with Crippen LogP contribution in [0.3, 0.4) is 0 Å². The summed E-state index contributed by atoms with van der Waals surface area (Å²) in [6.07, 6.45) is 2.63. The van der Waals surface area contributed by atoms with Gasteiger partial charge in [0.2, 0.25) is 0 Å².